The summed E-state index contributed by atoms with van der Waals surface area (Å²) in [6.45, 7) is 3.78. The Morgan fingerprint density at radius 1 is 0.969 bits per heavy atom. The molecule has 1 unspecified atom stereocenters. The standard InChI is InChI=1S/C23H25Cl3N4O.ClH/c1-23(16-6-8-17(24)9-7-16)15-20(22(31)28-29-12-4-2-3-5-13-29)27-30(23)21-11-10-18(25)14-19(21)26;/h6-11,14H,2-5,12-13,15H2,1H3,(H,28,31);1H. The van der Waals surface area contributed by atoms with E-state index in [2.05, 4.69) is 12.3 Å². The van der Waals surface area contributed by atoms with Crippen LogP contribution < -0.4 is 10.4 Å². The maximum atomic E-state index is 13.1. The zero-order valence-corrected chi connectivity index (χ0v) is 20.9. The lowest BCUT2D eigenvalue weighted by atomic mass is 9.86. The van der Waals surface area contributed by atoms with Gasteiger partial charge in [-0.05, 0) is 55.7 Å². The molecule has 0 saturated carbocycles. The van der Waals surface area contributed by atoms with Crippen LogP contribution in [0.2, 0.25) is 15.1 Å². The van der Waals surface area contributed by atoms with Crippen LogP contribution in [-0.4, -0.2) is 29.7 Å². The molecule has 5 nitrogen and oxygen atoms in total. The maximum absolute atomic E-state index is 13.1. The van der Waals surface area contributed by atoms with Gasteiger partial charge in [0.25, 0.3) is 5.91 Å². The second kappa shape index (κ2) is 10.6. The van der Waals surface area contributed by atoms with Gasteiger partial charge in [-0.3, -0.25) is 15.2 Å². The molecular formula is C23H26Cl4N4O. The molecule has 0 spiro atoms. The third-order valence-electron chi connectivity index (χ3n) is 5.93. The average molecular weight is 516 g/mol. The van der Waals surface area contributed by atoms with Crippen LogP contribution in [0.3, 0.4) is 0 Å². The van der Waals surface area contributed by atoms with Crippen LogP contribution in [0.25, 0.3) is 0 Å². The fourth-order valence-corrected chi connectivity index (χ4v) is 4.80. The highest BCUT2D eigenvalue weighted by Gasteiger charge is 2.43. The number of hydrogen-bond acceptors (Lipinski definition) is 4. The van der Waals surface area contributed by atoms with Crippen molar-refractivity contribution in [3.8, 4) is 0 Å². The molecule has 1 atom stereocenters. The van der Waals surface area contributed by atoms with Crippen LogP contribution in [0.1, 0.15) is 44.6 Å². The Labute approximate surface area is 210 Å². The number of nitrogens with zero attached hydrogens (tertiary/aromatic N) is 3. The van der Waals surface area contributed by atoms with Crippen LogP contribution in [-0.2, 0) is 10.3 Å². The van der Waals surface area contributed by atoms with Crippen LogP contribution in [0.5, 0.6) is 0 Å². The van der Waals surface area contributed by atoms with E-state index in [1.807, 2.05) is 40.3 Å². The second-order valence-electron chi connectivity index (χ2n) is 8.25. The number of halogens is 4. The first-order valence-electron chi connectivity index (χ1n) is 10.5. The molecule has 0 aliphatic carbocycles. The lowest BCUT2D eigenvalue weighted by Gasteiger charge is -2.35. The molecule has 1 saturated heterocycles. The Morgan fingerprint density at radius 2 is 1.59 bits per heavy atom. The van der Waals surface area contributed by atoms with Gasteiger partial charge in [-0.1, -0.05) is 59.8 Å². The Kier molecular flexibility index (Phi) is 8.34. The number of hydrogen-bond donors (Lipinski definition) is 1. The largest absolute Gasteiger partial charge is 0.284 e. The lowest BCUT2D eigenvalue weighted by molar-refractivity contribution is -0.119. The van der Waals surface area contributed by atoms with Gasteiger partial charge in [0, 0.05) is 29.6 Å². The molecule has 2 aliphatic heterocycles. The SMILES string of the molecule is CC1(c2ccc(Cl)cc2)CC(C(=O)NN2CCCCCC2)=NN1c1ccc(Cl)cc1Cl.Cl. The van der Waals surface area contributed by atoms with Gasteiger partial charge >= 0.3 is 0 Å². The third-order valence-corrected chi connectivity index (χ3v) is 6.72. The Morgan fingerprint density at radius 3 is 2.22 bits per heavy atom. The topological polar surface area (TPSA) is 47.9 Å². The van der Waals surface area contributed by atoms with Crippen LogP contribution in [0, 0.1) is 0 Å². The van der Waals surface area contributed by atoms with E-state index in [4.69, 9.17) is 39.9 Å². The van der Waals surface area contributed by atoms with Crippen LogP contribution in [0.4, 0.5) is 5.69 Å². The first kappa shape index (κ1) is 25.1. The number of benzene rings is 2. The molecule has 172 valence electrons. The minimum Gasteiger partial charge on any atom is -0.284 e. The summed E-state index contributed by atoms with van der Waals surface area (Å²) in [6.07, 6.45) is 5.01. The van der Waals surface area contributed by atoms with Crippen molar-refractivity contribution in [3.63, 3.8) is 0 Å². The molecule has 0 radical (unpaired) electrons. The summed E-state index contributed by atoms with van der Waals surface area (Å²) in [4.78, 5) is 13.1. The van der Waals surface area contributed by atoms with Crippen molar-refractivity contribution in [2.75, 3.05) is 18.1 Å². The summed E-state index contributed by atoms with van der Waals surface area (Å²) in [5.41, 5.74) is 4.60. The van der Waals surface area contributed by atoms with E-state index in [0.29, 0.717) is 32.9 Å². The molecule has 0 bridgehead atoms. The molecule has 9 heteroatoms. The number of hydrazone groups is 1. The second-order valence-corrected chi connectivity index (χ2v) is 9.53. The summed E-state index contributed by atoms with van der Waals surface area (Å²) in [5, 5.41) is 10.3. The zero-order valence-electron chi connectivity index (χ0n) is 17.8. The van der Waals surface area contributed by atoms with E-state index >= 15 is 0 Å². The van der Waals surface area contributed by atoms with E-state index in [-0.39, 0.29) is 18.3 Å². The predicted molar refractivity (Wildman–Crippen MR) is 135 cm³/mol. The molecule has 1 fully saturated rings. The molecule has 2 heterocycles. The molecule has 1 N–H and O–H groups in total. The first-order chi connectivity index (χ1) is 14.9. The lowest BCUT2D eigenvalue weighted by Crippen LogP contribution is -2.46. The molecule has 2 aliphatic rings. The van der Waals surface area contributed by atoms with Gasteiger partial charge in [0.2, 0.25) is 0 Å². The maximum Gasteiger partial charge on any atom is 0.281 e. The van der Waals surface area contributed by atoms with Gasteiger partial charge in [-0.25, -0.2) is 5.01 Å². The quantitative estimate of drug-likeness (QED) is 0.508. The smallest absolute Gasteiger partial charge is 0.281 e. The van der Waals surface area contributed by atoms with Crippen LogP contribution >= 0.6 is 47.2 Å². The number of anilines is 1. The molecule has 4 rings (SSSR count). The van der Waals surface area contributed by atoms with Gasteiger partial charge < -0.3 is 0 Å². The molecule has 1 amide bonds. The van der Waals surface area contributed by atoms with Crippen molar-refractivity contribution in [2.45, 2.75) is 44.6 Å². The Balaban J connectivity index is 0.00000289. The van der Waals surface area contributed by atoms with Crippen molar-refractivity contribution < 1.29 is 4.79 Å². The van der Waals surface area contributed by atoms with Gasteiger partial charge in [-0.15, -0.1) is 12.4 Å². The van der Waals surface area contributed by atoms with Crippen molar-refractivity contribution in [3.05, 3.63) is 63.1 Å². The molecule has 2 aromatic rings. The highest BCUT2D eigenvalue weighted by Crippen LogP contribution is 2.44. The highest BCUT2D eigenvalue weighted by molar-refractivity contribution is 6.40. The number of rotatable bonds is 4. The minimum absolute atomic E-state index is 0. The Hall–Kier alpha value is -1.50. The fourth-order valence-electron chi connectivity index (χ4n) is 4.19. The van der Waals surface area contributed by atoms with Crippen molar-refractivity contribution in [1.82, 2.24) is 10.4 Å². The summed E-state index contributed by atoms with van der Waals surface area (Å²) in [7, 11) is 0. The van der Waals surface area contributed by atoms with E-state index < -0.39 is 5.54 Å². The van der Waals surface area contributed by atoms with E-state index in [1.54, 1.807) is 12.1 Å². The number of carbonyl (C=O) groups is 1. The number of nitrogens with one attached hydrogen (secondary N) is 1. The summed E-state index contributed by atoms with van der Waals surface area (Å²) < 4.78 is 0. The highest BCUT2D eigenvalue weighted by atomic mass is 35.5. The third kappa shape index (κ3) is 5.35. The zero-order chi connectivity index (χ0) is 22.0. The van der Waals surface area contributed by atoms with Gasteiger partial charge in [0.15, 0.2) is 0 Å². The van der Waals surface area contributed by atoms with E-state index in [1.165, 1.54) is 12.8 Å². The summed E-state index contributed by atoms with van der Waals surface area (Å²) in [6, 6.07) is 12.9. The summed E-state index contributed by atoms with van der Waals surface area (Å²) in [5.74, 6) is -0.172. The van der Waals surface area contributed by atoms with Crippen molar-refractivity contribution in [2.24, 2.45) is 5.10 Å². The average Bonchev–Trinajstić information content (AvgIpc) is 2.91. The number of hydrazine groups is 1. The van der Waals surface area contributed by atoms with Crippen LogP contribution in [0.15, 0.2) is 47.6 Å². The van der Waals surface area contributed by atoms with E-state index in [9.17, 15) is 4.79 Å². The van der Waals surface area contributed by atoms with Gasteiger partial charge in [0.1, 0.15) is 5.71 Å². The van der Waals surface area contributed by atoms with Gasteiger partial charge in [-0.2, -0.15) is 5.10 Å². The monoisotopic (exact) mass is 514 g/mol. The molecule has 2 aromatic carbocycles. The van der Waals surface area contributed by atoms with Gasteiger partial charge in [0.05, 0.1) is 16.2 Å². The number of amides is 1. The summed E-state index contributed by atoms with van der Waals surface area (Å²) >= 11 is 18.7. The van der Waals surface area contributed by atoms with E-state index in [0.717, 1.165) is 31.5 Å². The fraction of sp³-hybridized carbons (Fsp3) is 0.391. The normalized spacial score (nSPS) is 21.5. The number of carbonyl (C=O) groups excluding carboxylic acids is 1. The Bertz CT molecular complexity index is 990. The predicted octanol–water partition coefficient (Wildman–Crippen LogP) is 6.46. The molecule has 32 heavy (non-hydrogen) atoms. The minimum atomic E-state index is -0.604. The first-order valence-corrected chi connectivity index (χ1v) is 11.6. The molecule has 0 aromatic heterocycles. The molecular weight excluding hydrogens is 490 g/mol. The van der Waals surface area contributed by atoms with Crippen molar-refractivity contribution in [1.29, 1.82) is 0 Å². The van der Waals surface area contributed by atoms with Crippen molar-refractivity contribution >= 4 is 64.5 Å².